The van der Waals surface area contributed by atoms with Gasteiger partial charge in [0, 0.05) is 24.1 Å². The second-order valence-corrected chi connectivity index (χ2v) is 12.4. The smallest absolute Gasteiger partial charge is 0.408 e. The van der Waals surface area contributed by atoms with Crippen LogP contribution in [0.4, 0.5) is 4.79 Å². The van der Waals surface area contributed by atoms with E-state index in [0.717, 1.165) is 32.1 Å². The minimum absolute atomic E-state index is 0.0376. The summed E-state index contributed by atoms with van der Waals surface area (Å²) in [5, 5.41) is 5.62. The van der Waals surface area contributed by atoms with E-state index in [2.05, 4.69) is 23.5 Å². The molecule has 9 nitrogen and oxygen atoms in total. The number of carbonyl (C=O) groups excluding carboxylic acids is 4. The Kier molecular flexibility index (Phi) is 14.4. The molecule has 0 spiro atoms. The number of nitrogens with two attached hydrogens (primary N) is 1. The number of nitrogens with zero attached hydrogens (tertiary/aromatic N) is 1. The number of unbranched alkanes of at least 4 members (excludes halogenated alkanes) is 5. The number of benzene rings is 1. The third-order valence-electron chi connectivity index (χ3n) is 6.16. The summed E-state index contributed by atoms with van der Waals surface area (Å²) in [4.78, 5) is 53.9. The number of hydrogen-bond acceptors (Lipinski definition) is 5. The molecule has 1 aromatic carbocycles. The average Bonchev–Trinajstić information content (AvgIpc) is 2.85. The second-order valence-electron chi connectivity index (χ2n) is 12.4. The summed E-state index contributed by atoms with van der Waals surface area (Å²) < 4.78 is 5.39. The first-order valence-electron chi connectivity index (χ1n) is 14.5. The normalized spacial score (nSPS) is 12.9. The summed E-state index contributed by atoms with van der Waals surface area (Å²) >= 11 is 0. The highest BCUT2D eigenvalue weighted by Gasteiger charge is 2.37. The van der Waals surface area contributed by atoms with Crippen molar-refractivity contribution in [3.63, 3.8) is 0 Å². The SMILES string of the molecule is C#Cc1ccc(C(C(=O)NC(C)(C)C)N(CCCCCCCC)C(=O)C(CCC(N)=O)NC(=O)OC(C)(C)C)cc1. The zero-order valence-electron chi connectivity index (χ0n) is 26.0. The lowest BCUT2D eigenvalue weighted by molar-refractivity contribution is -0.143. The molecule has 0 aliphatic carbocycles. The molecular formula is C32H50N4O5. The van der Waals surface area contributed by atoms with Gasteiger partial charge in [-0.2, -0.15) is 0 Å². The first-order chi connectivity index (χ1) is 19.1. The van der Waals surface area contributed by atoms with Gasteiger partial charge in [-0.15, -0.1) is 6.42 Å². The van der Waals surface area contributed by atoms with Crippen LogP contribution >= 0.6 is 0 Å². The van der Waals surface area contributed by atoms with E-state index in [1.807, 2.05) is 20.8 Å². The number of terminal acetylenes is 1. The predicted molar refractivity (Wildman–Crippen MR) is 162 cm³/mol. The molecule has 0 aliphatic heterocycles. The van der Waals surface area contributed by atoms with Gasteiger partial charge >= 0.3 is 6.09 Å². The first-order valence-corrected chi connectivity index (χ1v) is 14.5. The number of hydrogen-bond donors (Lipinski definition) is 3. The molecule has 0 aromatic heterocycles. The van der Waals surface area contributed by atoms with Crippen LogP contribution in [0.3, 0.4) is 0 Å². The average molecular weight is 571 g/mol. The van der Waals surface area contributed by atoms with E-state index in [1.165, 1.54) is 4.90 Å². The Morgan fingerprint density at radius 2 is 1.56 bits per heavy atom. The lowest BCUT2D eigenvalue weighted by atomic mass is 9.98. The molecule has 1 aromatic rings. The van der Waals surface area contributed by atoms with Crippen LogP contribution in [0.2, 0.25) is 0 Å². The summed E-state index contributed by atoms with van der Waals surface area (Å²) in [6, 6.07) is 4.80. The quantitative estimate of drug-likeness (QED) is 0.202. The van der Waals surface area contributed by atoms with Gasteiger partial charge in [0.2, 0.25) is 17.7 Å². The zero-order chi connectivity index (χ0) is 31.2. The molecule has 9 heteroatoms. The van der Waals surface area contributed by atoms with Gasteiger partial charge in [0.05, 0.1) is 0 Å². The van der Waals surface area contributed by atoms with Crippen LogP contribution in [0.1, 0.15) is 117 Å². The summed E-state index contributed by atoms with van der Waals surface area (Å²) in [5.41, 5.74) is 5.25. The fraction of sp³-hybridized carbons (Fsp3) is 0.625. The van der Waals surface area contributed by atoms with Gasteiger partial charge in [-0.1, -0.05) is 57.1 Å². The van der Waals surface area contributed by atoms with Crippen LogP contribution < -0.4 is 16.4 Å². The maximum Gasteiger partial charge on any atom is 0.408 e. The van der Waals surface area contributed by atoms with E-state index in [4.69, 9.17) is 16.9 Å². The molecule has 0 radical (unpaired) electrons. The van der Waals surface area contributed by atoms with Crippen LogP contribution in [-0.4, -0.2) is 52.4 Å². The van der Waals surface area contributed by atoms with Gasteiger partial charge in [0.1, 0.15) is 17.7 Å². The van der Waals surface area contributed by atoms with Gasteiger partial charge in [0.15, 0.2) is 0 Å². The Balaban J connectivity index is 3.53. The molecular weight excluding hydrogens is 520 g/mol. The number of rotatable bonds is 15. The van der Waals surface area contributed by atoms with Crippen LogP contribution in [0, 0.1) is 12.3 Å². The Bertz CT molecular complexity index is 1050. The standard InChI is InChI=1S/C32H50N4O5/c1-9-11-12-13-14-15-22-36(29(39)25(20-21-26(33)37)34-30(40)41-32(6,7)8)27(28(38)35-31(3,4)5)24-18-16-23(10-2)17-19-24/h2,16-19,25,27H,9,11-15,20-22H2,1,3-8H3,(H2,33,37)(H,34,40)(H,35,38). The molecule has 0 bridgehead atoms. The second kappa shape index (κ2) is 16.7. The Labute approximate surface area is 246 Å². The number of ether oxygens (including phenoxy) is 1. The first kappa shape index (κ1) is 35.5. The summed E-state index contributed by atoms with van der Waals surface area (Å²) in [5.74, 6) is 1.10. The lowest BCUT2D eigenvalue weighted by Crippen LogP contribution is -2.55. The molecule has 2 unspecified atom stereocenters. The van der Waals surface area contributed by atoms with E-state index in [-0.39, 0.29) is 25.3 Å². The van der Waals surface area contributed by atoms with E-state index < -0.39 is 41.1 Å². The molecule has 2 atom stereocenters. The van der Waals surface area contributed by atoms with Crippen LogP contribution in [0.15, 0.2) is 24.3 Å². The maximum absolute atomic E-state index is 14.2. The lowest BCUT2D eigenvalue weighted by Gasteiger charge is -2.36. The monoisotopic (exact) mass is 570 g/mol. The zero-order valence-corrected chi connectivity index (χ0v) is 26.0. The van der Waals surface area contributed by atoms with Crippen molar-refractivity contribution in [2.45, 2.75) is 123 Å². The summed E-state index contributed by atoms with van der Waals surface area (Å²) in [6.07, 6.45) is 10.5. The maximum atomic E-state index is 14.2. The molecule has 41 heavy (non-hydrogen) atoms. The predicted octanol–water partition coefficient (Wildman–Crippen LogP) is 4.97. The number of alkyl carbamates (subject to hydrolysis) is 1. The van der Waals surface area contributed by atoms with E-state index in [9.17, 15) is 19.2 Å². The topological polar surface area (TPSA) is 131 Å². The van der Waals surface area contributed by atoms with E-state index in [0.29, 0.717) is 17.5 Å². The van der Waals surface area contributed by atoms with Gasteiger partial charge in [-0.05, 0) is 72.1 Å². The molecule has 0 saturated carbocycles. The van der Waals surface area contributed by atoms with Crippen molar-refractivity contribution in [3.05, 3.63) is 35.4 Å². The third kappa shape index (κ3) is 14.1. The van der Waals surface area contributed by atoms with Crippen molar-refractivity contribution in [1.29, 1.82) is 0 Å². The molecule has 1 rings (SSSR count). The highest BCUT2D eigenvalue weighted by Crippen LogP contribution is 2.26. The minimum atomic E-state index is -1.13. The van der Waals surface area contributed by atoms with Gasteiger partial charge < -0.3 is 26.0 Å². The third-order valence-corrected chi connectivity index (χ3v) is 6.16. The summed E-state index contributed by atoms with van der Waals surface area (Å²) in [7, 11) is 0. The summed E-state index contributed by atoms with van der Waals surface area (Å²) in [6.45, 7) is 13.1. The molecule has 4 amide bonds. The van der Waals surface area contributed by atoms with Crippen molar-refractivity contribution in [1.82, 2.24) is 15.5 Å². The molecule has 0 heterocycles. The molecule has 0 fully saturated rings. The van der Waals surface area contributed by atoms with Crippen LogP contribution in [0.25, 0.3) is 0 Å². The fourth-order valence-corrected chi connectivity index (χ4v) is 4.30. The van der Waals surface area contributed by atoms with Gasteiger partial charge in [0.25, 0.3) is 0 Å². The largest absolute Gasteiger partial charge is 0.444 e. The fourth-order valence-electron chi connectivity index (χ4n) is 4.30. The highest BCUT2D eigenvalue weighted by molar-refractivity contribution is 5.92. The molecule has 228 valence electrons. The van der Waals surface area contributed by atoms with Crippen molar-refractivity contribution in [3.8, 4) is 12.3 Å². The van der Waals surface area contributed by atoms with E-state index in [1.54, 1.807) is 45.0 Å². The van der Waals surface area contributed by atoms with Crippen molar-refractivity contribution in [2.24, 2.45) is 5.73 Å². The van der Waals surface area contributed by atoms with Crippen molar-refractivity contribution < 1.29 is 23.9 Å². The highest BCUT2D eigenvalue weighted by atomic mass is 16.6. The number of amides is 4. The van der Waals surface area contributed by atoms with Crippen molar-refractivity contribution >= 4 is 23.8 Å². The van der Waals surface area contributed by atoms with E-state index >= 15 is 0 Å². The Morgan fingerprint density at radius 1 is 0.976 bits per heavy atom. The minimum Gasteiger partial charge on any atom is -0.444 e. The molecule has 4 N–H and O–H groups in total. The van der Waals surface area contributed by atoms with Crippen molar-refractivity contribution in [2.75, 3.05) is 6.54 Å². The Hall–Kier alpha value is -3.54. The molecule has 0 aliphatic rings. The van der Waals surface area contributed by atoms with Crippen LogP contribution in [0.5, 0.6) is 0 Å². The van der Waals surface area contributed by atoms with Crippen LogP contribution in [-0.2, 0) is 19.1 Å². The molecule has 0 saturated heterocycles. The van der Waals surface area contributed by atoms with Gasteiger partial charge in [-0.25, -0.2) is 4.79 Å². The number of primary amides is 1. The Morgan fingerprint density at radius 3 is 2.07 bits per heavy atom. The van der Waals surface area contributed by atoms with Gasteiger partial charge in [-0.3, -0.25) is 14.4 Å². The number of nitrogens with one attached hydrogen (secondary N) is 2. The number of carbonyl (C=O) groups is 4.